The molecule has 0 aliphatic carbocycles. The van der Waals surface area contributed by atoms with E-state index in [1.54, 1.807) is 43.4 Å². The van der Waals surface area contributed by atoms with Crippen LogP contribution in [0.25, 0.3) is 0 Å². The molecular formula is C26H34N4O5. The van der Waals surface area contributed by atoms with E-state index in [2.05, 4.69) is 16.0 Å². The summed E-state index contributed by atoms with van der Waals surface area (Å²) in [5.41, 5.74) is 1.45. The first-order chi connectivity index (χ1) is 16.9. The molecule has 0 unspecified atom stereocenters. The Hall–Kier alpha value is -3.59. The van der Waals surface area contributed by atoms with E-state index >= 15 is 0 Å². The summed E-state index contributed by atoms with van der Waals surface area (Å²) in [5, 5.41) is 8.49. The zero-order valence-corrected chi connectivity index (χ0v) is 20.6. The van der Waals surface area contributed by atoms with Crippen molar-refractivity contribution in [2.24, 2.45) is 5.92 Å². The molecule has 2 aromatic rings. The van der Waals surface area contributed by atoms with Gasteiger partial charge in [-0.05, 0) is 51.9 Å². The predicted molar refractivity (Wildman–Crippen MR) is 135 cm³/mol. The van der Waals surface area contributed by atoms with Crippen LogP contribution in [0.1, 0.15) is 37.0 Å². The van der Waals surface area contributed by atoms with Crippen molar-refractivity contribution >= 4 is 29.1 Å². The van der Waals surface area contributed by atoms with Crippen LogP contribution in [-0.2, 0) is 9.59 Å². The Bertz CT molecular complexity index is 1020. The Morgan fingerprint density at radius 3 is 2.03 bits per heavy atom. The van der Waals surface area contributed by atoms with Gasteiger partial charge in [0.25, 0.3) is 5.91 Å². The van der Waals surface area contributed by atoms with Crippen molar-refractivity contribution in [1.82, 2.24) is 10.2 Å². The van der Waals surface area contributed by atoms with Crippen molar-refractivity contribution in [3.05, 3.63) is 48.0 Å². The van der Waals surface area contributed by atoms with E-state index in [1.807, 2.05) is 24.8 Å². The number of benzene rings is 2. The summed E-state index contributed by atoms with van der Waals surface area (Å²) < 4.78 is 11.5. The Labute approximate surface area is 206 Å². The van der Waals surface area contributed by atoms with Crippen LogP contribution in [0.3, 0.4) is 0 Å². The van der Waals surface area contributed by atoms with Crippen molar-refractivity contribution in [2.45, 2.75) is 26.7 Å². The molecule has 0 bridgehead atoms. The molecule has 0 spiro atoms. The highest BCUT2D eigenvalue weighted by Gasteiger charge is 2.25. The molecule has 0 radical (unpaired) electrons. The molecular weight excluding hydrogens is 448 g/mol. The third kappa shape index (κ3) is 7.19. The van der Waals surface area contributed by atoms with Gasteiger partial charge in [0.15, 0.2) is 0 Å². The molecule has 9 nitrogen and oxygen atoms in total. The van der Waals surface area contributed by atoms with Crippen molar-refractivity contribution in [3.8, 4) is 11.5 Å². The molecule has 1 heterocycles. The molecule has 1 aliphatic rings. The Morgan fingerprint density at radius 1 is 0.914 bits per heavy atom. The fourth-order valence-electron chi connectivity index (χ4n) is 4.04. The minimum atomic E-state index is -0.272. The van der Waals surface area contributed by atoms with E-state index in [4.69, 9.17) is 9.47 Å². The molecule has 1 fully saturated rings. The number of hydrogen-bond acceptors (Lipinski definition) is 6. The third-order valence-electron chi connectivity index (χ3n) is 5.81. The van der Waals surface area contributed by atoms with Gasteiger partial charge in [0.1, 0.15) is 11.5 Å². The van der Waals surface area contributed by atoms with E-state index in [0.717, 1.165) is 12.8 Å². The number of amides is 3. The second-order valence-electron chi connectivity index (χ2n) is 8.24. The lowest BCUT2D eigenvalue weighted by atomic mass is 9.96. The molecule has 0 atom stereocenters. The quantitative estimate of drug-likeness (QED) is 0.480. The molecule has 0 saturated carbocycles. The summed E-state index contributed by atoms with van der Waals surface area (Å²) in [6.45, 7) is 6.03. The first kappa shape index (κ1) is 26.0. The number of carbonyl (C=O) groups excluding carboxylic acids is 3. The second kappa shape index (κ2) is 12.8. The van der Waals surface area contributed by atoms with E-state index in [0.29, 0.717) is 54.7 Å². The molecule has 0 aromatic heterocycles. The van der Waals surface area contributed by atoms with Gasteiger partial charge in [-0.15, -0.1) is 0 Å². The topological polar surface area (TPSA) is 109 Å². The normalized spacial score (nSPS) is 14.1. The summed E-state index contributed by atoms with van der Waals surface area (Å²) in [6, 6.07) is 12.2. The van der Waals surface area contributed by atoms with Crippen LogP contribution in [-0.4, -0.2) is 62.5 Å². The highest BCUT2D eigenvalue weighted by Crippen LogP contribution is 2.37. The number of ether oxygens (including phenoxy) is 2. The number of nitrogens with one attached hydrogen (secondary N) is 3. The number of carbonyl (C=O) groups is 3. The highest BCUT2D eigenvalue weighted by atomic mass is 16.5. The number of rotatable bonds is 10. The van der Waals surface area contributed by atoms with Gasteiger partial charge in [-0.1, -0.05) is 18.2 Å². The number of piperidine rings is 1. The van der Waals surface area contributed by atoms with Gasteiger partial charge in [-0.25, -0.2) is 0 Å². The lowest BCUT2D eigenvalue weighted by Gasteiger charge is -2.30. The number of hydrogen-bond donors (Lipinski definition) is 3. The van der Waals surface area contributed by atoms with E-state index in [1.165, 1.54) is 0 Å². The fourth-order valence-corrected chi connectivity index (χ4v) is 4.04. The largest absolute Gasteiger partial charge is 0.492 e. The zero-order valence-electron chi connectivity index (χ0n) is 20.6. The monoisotopic (exact) mass is 482 g/mol. The van der Waals surface area contributed by atoms with Crippen LogP contribution < -0.4 is 25.4 Å². The molecule has 35 heavy (non-hydrogen) atoms. The Kier molecular flexibility index (Phi) is 9.48. The average molecular weight is 483 g/mol. The van der Waals surface area contributed by atoms with Crippen LogP contribution >= 0.6 is 0 Å². The van der Waals surface area contributed by atoms with Gasteiger partial charge in [0, 0.05) is 30.7 Å². The van der Waals surface area contributed by atoms with Crippen molar-refractivity contribution in [3.63, 3.8) is 0 Å². The predicted octanol–water partition coefficient (Wildman–Crippen LogP) is 3.13. The third-order valence-corrected chi connectivity index (χ3v) is 5.81. The molecule has 188 valence electrons. The van der Waals surface area contributed by atoms with Crippen LogP contribution in [0.4, 0.5) is 11.4 Å². The minimum Gasteiger partial charge on any atom is -0.492 e. The fraction of sp³-hybridized carbons (Fsp3) is 0.423. The smallest absolute Gasteiger partial charge is 0.255 e. The minimum absolute atomic E-state index is 0.00346. The van der Waals surface area contributed by atoms with Crippen LogP contribution in [0.5, 0.6) is 11.5 Å². The molecule has 1 saturated heterocycles. The van der Waals surface area contributed by atoms with Crippen molar-refractivity contribution in [1.29, 1.82) is 0 Å². The highest BCUT2D eigenvalue weighted by molar-refractivity contribution is 6.05. The summed E-state index contributed by atoms with van der Waals surface area (Å²) in [4.78, 5) is 39.4. The molecule has 3 amide bonds. The lowest BCUT2D eigenvalue weighted by molar-refractivity contribution is -0.126. The lowest BCUT2D eigenvalue weighted by Crippen LogP contribution is -2.42. The first-order valence-corrected chi connectivity index (χ1v) is 12.0. The maximum Gasteiger partial charge on any atom is 0.255 e. The van der Waals surface area contributed by atoms with E-state index < -0.39 is 0 Å². The average Bonchev–Trinajstić information content (AvgIpc) is 2.87. The van der Waals surface area contributed by atoms with E-state index in [-0.39, 0.29) is 30.2 Å². The van der Waals surface area contributed by atoms with Gasteiger partial charge in [-0.3, -0.25) is 19.3 Å². The van der Waals surface area contributed by atoms with Gasteiger partial charge in [0.05, 0.1) is 31.1 Å². The first-order valence-electron chi connectivity index (χ1n) is 12.0. The standard InChI is InChI=1S/C26H34N4O5/c1-4-34-22-16-21(29-26(33)18-9-7-6-8-10-18)23(35-5-2)15-20(22)28-24(31)17-30-13-11-19(12-14-30)25(32)27-3/h6-10,15-16,19H,4-5,11-14,17H2,1-3H3,(H,27,32)(H,28,31)(H,29,33). The summed E-state index contributed by atoms with van der Waals surface area (Å²) in [5.74, 6) is 0.460. The van der Waals surface area contributed by atoms with Crippen LogP contribution in [0.15, 0.2) is 42.5 Å². The molecule has 3 N–H and O–H groups in total. The van der Waals surface area contributed by atoms with Gasteiger partial charge >= 0.3 is 0 Å². The van der Waals surface area contributed by atoms with Crippen LogP contribution in [0.2, 0.25) is 0 Å². The summed E-state index contributed by atoms with van der Waals surface area (Å²) in [7, 11) is 1.65. The van der Waals surface area contributed by atoms with Crippen molar-refractivity contribution in [2.75, 3.05) is 50.5 Å². The Balaban J connectivity index is 1.72. The van der Waals surface area contributed by atoms with Gasteiger partial charge < -0.3 is 25.4 Å². The summed E-state index contributed by atoms with van der Waals surface area (Å²) >= 11 is 0. The molecule has 2 aromatic carbocycles. The van der Waals surface area contributed by atoms with Gasteiger partial charge in [0.2, 0.25) is 11.8 Å². The summed E-state index contributed by atoms with van der Waals surface area (Å²) in [6.07, 6.45) is 1.45. The van der Waals surface area contributed by atoms with Crippen LogP contribution in [0, 0.1) is 5.92 Å². The van der Waals surface area contributed by atoms with Gasteiger partial charge in [-0.2, -0.15) is 0 Å². The van der Waals surface area contributed by atoms with Crippen molar-refractivity contribution < 1.29 is 23.9 Å². The maximum atomic E-state index is 12.8. The zero-order chi connectivity index (χ0) is 25.2. The SMILES string of the molecule is CCOc1cc(NC(=O)c2ccccc2)c(OCC)cc1NC(=O)CN1CCC(C(=O)NC)CC1. The molecule has 1 aliphatic heterocycles. The second-order valence-corrected chi connectivity index (χ2v) is 8.24. The maximum absolute atomic E-state index is 12.8. The number of anilines is 2. The number of likely N-dealkylation sites (tertiary alicyclic amines) is 1. The van der Waals surface area contributed by atoms with E-state index in [9.17, 15) is 14.4 Å². The molecule has 3 rings (SSSR count). The Morgan fingerprint density at radius 2 is 1.49 bits per heavy atom. The molecule has 9 heteroatoms. The number of nitrogens with zero attached hydrogens (tertiary/aromatic N) is 1.